The summed E-state index contributed by atoms with van der Waals surface area (Å²) in [4.78, 5) is 15.7. The van der Waals surface area contributed by atoms with Crippen LogP contribution in [-0.2, 0) is 5.75 Å². The molecule has 0 saturated heterocycles. The predicted molar refractivity (Wildman–Crippen MR) is 60.3 cm³/mol. The van der Waals surface area contributed by atoms with Gasteiger partial charge in [0.2, 0.25) is 5.78 Å². The van der Waals surface area contributed by atoms with Crippen molar-refractivity contribution in [3.63, 3.8) is 0 Å². The monoisotopic (exact) mass is 252 g/mol. The zero-order valence-corrected chi connectivity index (χ0v) is 9.83. The molecule has 0 unspecified atom stereocenters. The fraction of sp³-hybridized carbons (Fsp3) is 0.182. The van der Waals surface area contributed by atoms with Crippen molar-refractivity contribution in [2.45, 2.75) is 17.6 Å². The number of benzene rings is 1. The predicted octanol–water partition coefficient (Wildman–Crippen LogP) is 2.70. The smallest absolute Gasteiger partial charge is 0.293 e. The summed E-state index contributed by atoms with van der Waals surface area (Å²) in [6.45, 7) is 1.37. The minimum absolute atomic E-state index is 0.0136. The number of halogens is 1. The fourth-order valence-corrected chi connectivity index (χ4v) is 1.88. The molecule has 2 rings (SSSR count). The number of thioether (sulfide) groups is 1. The lowest BCUT2D eigenvalue weighted by molar-refractivity contribution is 0.0972. The molecule has 0 spiro atoms. The van der Waals surface area contributed by atoms with Gasteiger partial charge in [-0.25, -0.2) is 4.39 Å². The lowest BCUT2D eigenvalue weighted by Gasteiger charge is -1.97. The lowest BCUT2D eigenvalue weighted by Crippen LogP contribution is -1.92. The topological polar surface area (TPSA) is 56.0 Å². The Morgan fingerprint density at radius 2 is 2.12 bits per heavy atom. The second kappa shape index (κ2) is 5.09. The summed E-state index contributed by atoms with van der Waals surface area (Å²) < 4.78 is 17.4. The molecule has 0 N–H and O–H groups in total. The Hall–Kier alpha value is -1.69. The Morgan fingerprint density at radius 1 is 1.41 bits per heavy atom. The van der Waals surface area contributed by atoms with E-state index in [0.717, 1.165) is 4.90 Å². The third kappa shape index (κ3) is 3.13. The van der Waals surface area contributed by atoms with Gasteiger partial charge in [-0.2, -0.15) is 4.98 Å². The first-order valence-electron chi connectivity index (χ1n) is 4.87. The number of hydrogen-bond acceptors (Lipinski definition) is 5. The van der Waals surface area contributed by atoms with Crippen molar-refractivity contribution in [1.29, 1.82) is 0 Å². The van der Waals surface area contributed by atoms with Crippen LogP contribution in [0.2, 0.25) is 0 Å². The molecule has 0 aliphatic carbocycles. The van der Waals surface area contributed by atoms with Crippen LogP contribution >= 0.6 is 11.8 Å². The van der Waals surface area contributed by atoms with Gasteiger partial charge < -0.3 is 4.52 Å². The molecule has 1 aromatic carbocycles. The molecule has 0 bridgehead atoms. The molecule has 88 valence electrons. The van der Waals surface area contributed by atoms with Crippen LogP contribution in [0.25, 0.3) is 0 Å². The Morgan fingerprint density at radius 3 is 2.71 bits per heavy atom. The third-order valence-electron chi connectivity index (χ3n) is 1.95. The van der Waals surface area contributed by atoms with Crippen molar-refractivity contribution in [2.75, 3.05) is 0 Å². The second-order valence-electron chi connectivity index (χ2n) is 3.31. The molecule has 0 aliphatic rings. The molecule has 0 saturated carbocycles. The van der Waals surface area contributed by atoms with Gasteiger partial charge in [0.15, 0.2) is 5.82 Å². The van der Waals surface area contributed by atoms with Crippen molar-refractivity contribution in [3.05, 3.63) is 41.8 Å². The summed E-state index contributed by atoms with van der Waals surface area (Å²) >= 11 is 1.44. The van der Waals surface area contributed by atoms with Crippen LogP contribution < -0.4 is 0 Å². The number of nitrogens with zero attached hydrogens (tertiary/aromatic N) is 2. The minimum Gasteiger partial charge on any atom is -0.331 e. The van der Waals surface area contributed by atoms with Gasteiger partial charge in [-0.1, -0.05) is 5.16 Å². The average molecular weight is 252 g/mol. The minimum atomic E-state index is -0.271. The largest absolute Gasteiger partial charge is 0.331 e. The molecule has 1 heterocycles. The van der Waals surface area contributed by atoms with Crippen molar-refractivity contribution in [2.24, 2.45) is 0 Å². The molecular formula is C11H9FN2O2S. The maximum atomic E-state index is 12.7. The van der Waals surface area contributed by atoms with Crippen LogP contribution in [0, 0.1) is 5.82 Å². The van der Waals surface area contributed by atoms with Gasteiger partial charge in [0.05, 0.1) is 5.75 Å². The van der Waals surface area contributed by atoms with Crippen LogP contribution in [-0.4, -0.2) is 15.9 Å². The first-order chi connectivity index (χ1) is 8.15. The first kappa shape index (κ1) is 11.8. The van der Waals surface area contributed by atoms with Crippen molar-refractivity contribution in [1.82, 2.24) is 10.1 Å². The highest BCUT2D eigenvalue weighted by Crippen LogP contribution is 2.21. The van der Waals surface area contributed by atoms with E-state index in [9.17, 15) is 9.18 Å². The molecular weight excluding hydrogens is 243 g/mol. The van der Waals surface area contributed by atoms with E-state index in [4.69, 9.17) is 4.52 Å². The summed E-state index contributed by atoms with van der Waals surface area (Å²) in [6, 6.07) is 6.12. The fourth-order valence-electron chi connectivity index (χ4n) is 1.13. The second-order valence-corrected chi connectivity index (χ2v) is 4.36. The molecule has 0 radical (unpaired) electrons. The average Bonchev–Trinajstić information content (AvgIpc) is 2.77. The van der Waals surface area contributed by atoms with Crippen molar-refractivity contribution >= 4 is 17.5 Å². The van der Waals surface area contributed by atoms with Gasteiger partial charge in [0.1, 0.15) is 5.82 Å². The zero-order chi connectivity index (χ0) is 12.3. The number of Topliss-reactive ketones (excluding diaryl/α,β-unsaturated/α-hetero) is 1. The summed E-state index contributed by atoms with van der Waals surface area (Å²) in [7, 11) is 0. The van der Waals surface area contributed by atoms with Gasteiger partial charge in [-0.05, 0) is 24.3 Å². The number of carbonyl (C=O) groups is 1. The summed E-state index contributed by atoms with van der Waals surface area (Å²) in [5.41, 5.74) is 0. The molecule has 0 fully saturated rings. The van der Waals surface area contributed by atoms with Crippen molar-refractivity contribution < 1.29 is 13.7 Å². The normalized spacial score (nSPS) is 10.5. The van der Waals surface area contributed by atoms with Crippen LogP contribution in [0.5, 0.6) is 0 Å². The number of hydrogen-bond donors (Lipinski definition) is 0. The van der Waals surface area contributed by atoms with E-state index in [1.54, 1.807) is 12.1 Å². The van der Waals surface area contributed by atoms with Crippen LogP contribution in [0.3, 0.4) is 0 Å². The number of ketones is 1. The molecule has 0 atom stereocenters. The quantitative estimate of drug-likeness (QED) is 0.618. The molecule has 0 aliphatic heterocycles. The Balaban J connectivity index is 1.97. The Kier molecular flexibility index (Phi) is 3.53. The van der Waals surface area contributed by atoms with Gasteiger partial charge >= 0.3 is 0 Å². The van der Waals surface area contributed by atoms with Crippen LogP contribution in [0.1, 0.15) is 23.4 Å². The lowest BCUT2D eigenvalue weighted by atomic mass is 10.4. The summed E-state index contributed by atoms with van der Waals surface area (Å²) in [6.07, 6.45) is 0. The number of aromatic nitrogens is 2. The highest BCUT2D eigenvalue weighted by molar-refractivity contribution is 7.98. The van der Waals surface area contributed by atoms with E-state index in [2.05, 4.69) is 10.1 Å². The van der Waals surface area contributed by atoms with E-state index in [1.165, 1.54) is 30.8 Å². The van der Waals surface area contributed by atoms with Gasteiger partial charge in [0, 0.05) is 11.8 Å². The third-order valence-corrected chi connectivity index (χ3v) is 2.96. The van der Waals surface area contributed by atoms with Crippen LogP contribution in [0.15, 0.2) is 33.7 Å². The number of carbonyl (C=O) groups excluding carboxylic acids is 1. The van der Waals surface area contributed by atoms with Gasteiger partial charge in [0.25, 0.3) is 5.89 Å². The van der Waals surface area contributed by atoms with E-state index in [0.29, 0.717) is 11.6 Å². The molecule has 1 aromatic heterocycles. The van der Waals surface area contributed by atoms with E-state index < -0.39 is 0 Å². The number of rotatable bonds is 4. The SMILES string of the molecule is CC(=O)c1nc(CSc2ccc(F)cc2)no1. The van der Waals surface area contributed by atoms with E-state index in [1.807, 2.05) is 0 Å². The molecule has 17 heavy (non-hydrogen) atoms. The van der Waals surface area contributed by atoms with Gasteiger partial charge in [-0.3, -0.25) is 4.79 Å². The maximum Gasteiger partial charge on any atom is 0.293 e. The summed E-state index contributed by atoms with van der Waals surface area (Å²) in [5.74, 6) is 0.412. The standard InChI is InChI=1S/C11H9FN2O2S/c1-7(15)11-13-10(14-16-11)6-17-9-4-2-8(12)3-5-9/h2-5H,6H2,1H3. The van der Waals surface area contributed by atoms with Gasteiger partial charge in [-0.15, -0.1) is 11.8 Å². The summed E-state index contributed by atoms with van der Waals surface area (Å²) in [5, 5.41) is 3.67. The molecule has 4 nitrogen and oxygen atoms in total. The molecule has 0 amide bonds. The molecule has 6 heteroatoms. The van der Waals surface area contributed by atoms with Crippen LogP contribution in [0.4, 0.5) is 4.39 Å². The maximum absolute atomic E-state index is 12.7. The molecule has 2 aromatic rings. The Bertz CT molecular complexity index is 525. The van der Waals surface area contributed by atoms with E-state index in [-0.39, 0.29) is 17.5 Å². The first-order valence-corrected chi connectivity index (χ1v) is 5.85. The Labute approximate surface area is 101 Å². The van der Waals surface area contributed by atoms with Crippen molar-refractivity contribution in [3.8, 4) is 0 Å². The van der Waals surface area contributed by atoms with E-state index >= 15 is 0 Å². The zero-order valence-electron chi connectivity index (χ0n) is 9.01. The highest BCUT2D eigenvalue weighted by atomic mass is 32.2. The highest BCUT2D eigenvalue weighted by Gasteiger charge is 2.10.